The van der Waals surface area contributed by atoms with E-state index in [-0.39, 0.29) is 11.3 Å². The van der Waals surface area contributed by atoms with Crippen molar-refractivity contribution >= 4 is 5.91 Å². The Morgan fingerprint density at radius 1 is 1.42 bits per heavy atom. The number of hydrogen-bond acceptors (Lipinski definition) is 2. The first-order valence-electron chi connectivity index (χ1n) is 6.65. The van der Waals surface area contributed by atoms with Crippen LogP contribution in [0.5, 0.6) is 0 Å². The summed E-state index contributed by atoms with van der Waals surface area (Å²) in [6.07, 6.45) is 0.549. The second kappa shape index (κ2) is 6.38. The van der Waals surface area contributed by atoms with Gasteiger partial charge < -0.3 is 5.32 Å². The molecule has 1 unspecified atom stereocenters. The summed E-state index contributed by atoms with van der Waals surface area (Å²) in [5.41, 5.74) is 2.30. The van der Waals surface area contributed by atoms with Crippen LogP contribution in [0.2, 0.25) is 0 Å². The third-order valence-electron chi connectivity index (χ3n) is 3.46. The smallest absolute Gasteiger partial charge is 0.237 e. The fraction of sp³-hybridized carbons (Fsp3) is 0.500. The highest BCUT2D eigenvalue weighted by Gasteiger charge is 2.24. The van der Waals surface area contributed by atoms with Crippen LogP contribution in [0, 0.1) is 24.2 Å². The Morgan fingerprint density at radius 2 is 2.05 bits per heavy atom. The second-order valence-electron chi connectivity index (χ2n) is 5.51. The molecule has 0 aliphatic carbocycles. The maximum Gasteiger partial charge on any atom is 0.237 e. The number of amides is 1. The Balaban J connectivity index is 2.74. The summed E-state index contributed by atoms with van der Waals surface area (Å²) in [6, 6.07) is 10.2. The van der Waals surface area contributed by atoms with Crippen molar-refractivity contribution in [3.8, 4) is 6.07 Å². The van der Waals surface area contributed by atoms with Crippen LogP contribution in [0.4, 0.5) is 0 Å². The van der Waals surface area contributed by atoms with E-state index >= 15 is 0 Å². The quantitative estimate of drug-likeness (QED) is 0.882. The largest absolute Gasteiger partial charge is 0.354 e. The predicted octanol–water partition coefficient (Wildman–Crippen LogP) is 2.94. The highest BCUT2D eigenvalue weighted by atomic mass is 16.1. The first-order valence-corrected chi connectivity index (χ1v) is 6.65. The summed E-state index contributed by atoms with van der Waals surface area (Å²) in [7, 11) is 0. The van der Waals surface area contributed by atoms with Gasteiger partial charge in [-0.1, -0.05) is 45.0 Å². The van der Waals surface area contributed by atoms with Gasteiger partial charge in [0.2, 0.25) is 5.91 Å². The fourth-order valence-electron chi connectivity index (χ4n) is 2.19. The molecule has 0 spiro atoms. The van der Waals surface area contributed by atoms with Crippen molar-refractivity contribution < 1.29 is 4.79 Å². The number of nitrogens with one attached hydrogen (secondary N) is 1. The lowest BCUT2D eigenvalue weighted by Gasteiger charge is -2.27. The van der Waals surface area contributed by atoms with E-state index in [9.17, 15) is 4.79 Å². The van der Waals surface area contributed by atoms with Crippen LogP contribution in [0.3, 0.4) is 0 Å². The first kappa shape index (κ1) is 15.2. The van der Waals surface area contributed by atoms with Crippen molar-refractivity contribution in [2.45, 2.75) is 39.5 Å². The summed E-state index contributed by atoms with van der Waals surface area (Å²) in [6.45, 7) is 8.66. The fourth-order valence-corrected chi connectivity index (χ4v) is 2.19. The third kappa shape index (κ3) is 3.82. The Labute approximate surface area is 115 Å². The summed E-state index contributed by atoms with van der Waals surface area (Å²) in [5.74, 6) is -0.723. The molecule has 3 nitrogen and oxygen atoms in total. The number of carbonyl (C=O) groups is 1. The third-order valence-corrected chi connectivity index (χ3v) is 3.46. The monoisotopic (exact) mass is 258 g/mol. The number of rotatable bonds is 5. The Morgan fingerprint density at radius 3 is 2.58 bits per heavy atom. The highest BCUT2D eigenvalue weighted by molar-refractivity contribution is 5.81. The van der Waals surface area contributed by atoms with E-state index < -0.39 is 5.92 Å². The van der Waals surface area contributed by atoms with Crippen molar-refractivity contribution in [3.63, 3.8) is 0 Å². The Bertz CT molecular complexity index is 486. The molecule has 0 heterocycles. The van der Waals surface area contributed by atoms with Gasteiger partial charge in [-0.15, -0.1) is 0 Å². The van der Waals surface area contributed by atoms with Crippen molar-refractivity contribution in [2.75, 3.05) is 6.54 Å². The van der Waals surface area contributed by atoms with Gasteiger partial charge in [-0.05, 0) is 24.5 Å². The molecule has 0 radical (unpaired) electrons. The summed E-state index contributed by atoms with van der Waals surface area (Å²) >= 11 is 0. The molecular weight excluding hydrogens is 236 g/mol. The molecular formula is C16H22N2O. The zero-order valence-electron chi connectivity index (χ0n) is 12.2. The molecule has 3 heteroatoms. The van der Waals surface area contributed by atoms with Crippen LogP contribution in [-0.2, 0) is 10.2 Å². The summed E-state index contributed by atoms with van der Waals surface area (Å²) in [4.78, 5) is 11.8. The van der Waals surface area contributed by atoms with E-state index in [1.807, 2.05) is 25.1 Å². The van der Waals surface area contributed by atoms with Crippen LogP contribution < -0.4 is 5.32 Å². The van der Waals surface area contributed by atoms with Crippen LogP contribution in [0.25, 0.3) is 0 Å². The van der Waals surface area contributed by atoms with Gasteiger partial charge in [0.1, 0.15) is 5.92 Å². The number of carbonyl (C=O) groups excluding carboxylic acids is 1. The van der Waals surface area contributed by atoms with Gasteiger partial charge >= 0.3 is 0 Å². The highest BCUT2D eigenvalue weighted by Crippen LogP contribution is 2.25. The molecule has 1 aromatic rings. The lowest BCUT2D eigenvalue weighted by molar-refractivity contribution is -0.123. The van der Waals surface area contributed by atoms with E-state index in [4.69, 9.17) is 5.26 Å². The summed E-state index contributed by atoms with van der Waals surface area (Å²) < 4.78 is 0. The molecule has 0 saturated heterocycles. The summed E-state index contributed by atoms with van der Waals surface area (Å²) in [5, 5.41) is 11.8. The van der Waals surface area contributed by atoms with Crippen LogP contribution >= 0.6 is 0 Å². The molecule has 0 fully saturated rings. The van der Waals surface area contributed by atoms with E-state index in [0.29, 0.717) is 13.0 Å². The molecule has 1 atom stereocenters. The normalized spacial score (nSPS) is 12.6. The molecule has 19 heavy (non-hydrogen) atoms. The Kier molecular flexibility index (Phi) is 5.11. The number of benzene rings is 1. The topological polar surface area (TPSA) is 52.9 Å². The van der Waals surface area contributed by atoms with Crippen LogP contribution in [0.15, 0.2) is 24.3 Å². The van der Waals surface area contributed by atoms with E-state index in [0.717, 1.165) is 0 Å². The molecule has 1 aromatic carbocycles. The minimum atomic E-state index is -0.548. The molecule has 0 saturated carbocycles. The van der Waals surface area contributed by atoms with Gasteiger partial charge in [0.15, 0.2) is 0 Å². The maximum absolute atomic E-state index is 11.8. The first-order chi connectivity index (χ1) is 8.92. The molecule has 0 aliphatic rings. The lowest BCUT2D eigenvalue weighted by Crippen LogP contribution is -2.39. The Hall–Kier alpha value is -1.82. The standard InChI is InChI=1S/C16H22N2O/c1-5-13(10-17)15(19)18-11-16(3,4)14-9-7-6-8-12(14)2/h6-9,13H,5,11H2,1-4H3,(H,18,19). The van der Waals surface area contributed by atoms with E-state index in [1.54, 1.807) is 0 Å². The van der Waals surface area contributed by atoms with Crippen molar-refractivity contribution in [1.29, 1.82) is 5.26 Å². The molecule has 0 aromatic heterocycles. The maximum atomic E-state index is 11.8. The molecule has 1 N–H and O–H groups in total. The van der Waals surface area contributed by atoms with Crippen LogP contribution in [-0.4, -0.2) is 12.5 Å². The minimum absolute atomic E-state index is 0.144. The molecule has 102 valence electrons. The van der Waals surface area contributed by atoms with Crippen molar-refractivity contribution in [3.05, 3.63) is 35.4 Å². The van der Waals surface area contributed by atoms with E-state index in [1.165, 1.54) is 11.1 Å². The number of aryl methyl sites for hydroxylation is 1. The van der Waals surface area contributed by atoms with E-state index in [2.05, 4.69) is 38.2 Å². The van der Waals surface area contributed by atoms with Gasteiger partial charge in [-0.2, -0.15) is 5.26 Å². The molecule has 0 aliphatic heterocycles. The second-order valence-corrected chi connectivity index (χ2v) is 5.51. The number of nitriles is 1. The SMILES string of the molecule is CCC(C#N)C(=O)NCC(C)(C)c1ccccc1C. The van der Waals surface area contributed by atoms with Crippen LogP contribution in [0.1, 0.15) is 38.3 Å². The predicted molar refractivity (Wildman–Crippen MR) is 76.6 cm³/mol. The zero-order chi connectivity index (χ0) is 14.5. The van der Waals surface area contributed by atoms with Gasteiger partial charge in [0.25, 0.3) is 0 Å². The molecule has 1 amide bonds. The minimum Gasteiger partial charge on any atom is -0.354 e. The van der Waals surface area contributed by atoms with Crippen molar-refractivity contribution in [2.24, 2.45) is 5.92 Å². The number of hydrogen-bond donors (Lipinski definition) is 1. The van der Waals surface area contributed by atoms with Gasteiger partial charge in [0, 0.05) is 12.0 Å². The van der Waals surface area contributed by atoms with Crippen molar-refractivity contribution in [1.82, 2.24) is 5.32 Å². The molecule has 0 bridgehead atoms. The zero-order valence-corrected chi connectivity index (χ0v) is 12.2. The number of nitrogens with zero attached hydrogens (tertiary/aromatic N) is 1. The average Bonchev–Trinajstić information content (AvgIpc) is 2.38. The van der Waals surface area contributed by atoms with Gasteiger partial charge in [-0.25, -0.2) is 0 Å². The van der Waals surface area contributed by atoms with Gasteiger partial charge in [0.05, 0.1) is 6.07 Å². The molecule has 1 rings (SSSR count). The average molecular weight is 258 g/mol. The van der Waals surface area contributed by atoms with Gasteiger partial charge in [-0.3, -0.25) is 4.79 Å². The lowest BCUT2D eigenvalue weighted by atomic mass is 9.82.